The van der Waals surface area contributed by atoms with E-state index in [9.17, 15) is 18.0 Å². The van der Waals surface area contributed by atoms with Crippen molar-refractivity contribution >= 4 is 17.3 Å². The fourth-order valence-corrected chi connectivity index (χ4v) is 2.22. The normalized spacial score (nSPS) is 20.1. The number of hydrogen-bond donors (Lipinski definition) is 2. The lowest BCUT2D eigenvalue weighted by Gasteiger charge is -2.31. The van der Waals surface area contributed by atoms with E-state index in [1.807, 2.05) is 0 Å². The van der Waals surface area contributed by atoms with Crippen molar-refractivity contribution in [3.8, 4) is 0 Å². The molecule has 0 aliphatic carbocycles. The standard InChI is InChI=1S/C13H16F3N3O/c1-19-7-9(3-5-12(19)20)18-11-4-2-8(6-10(11)17)13(14,15)16/h2,4,6,9,18H,3,5,7,17H2,1H3. The summed E-state index contributed by atoms with van der Waals surface area (Å²) in [6, 6.07) is 3.24. The predicted octanol–water partition coefficient (Wildman–Crippen LogP) is 2.32. The molecule has 20 heavy (non-hydrogen) atoms. The summed E-state index contributed by atoms with van der Waals surface area (Å²) in [7, 11) is 1.70. The van der Waals surface area contributed by atoms with Crippen LogP contribution in [0.25, 0.3) is 0 Å². The van der Waals surface area contributed by atoms with Gasteiger partial charge >= 0.3 is 6.18 Å². The van der Waals surface area contributed by atoms with Crippen molar-refractivity contribution in [2.75, 3.05) is 24.6 Å². The van der Waals surface area contributed by atoms with E-state index < -0.39 is 11.7 Å². The summed E-state index contributed by atoms with van der Waals surface area (Å²) < 4.78 is 37.6. The zero-order chi connectivity index (χ0) is 14.9. The first-order valence-corrected chi connectivity index (χ1v) is 6.24. The molecule has 110 valence electrons. The maximum atomic E-state index is 12.5. The molecule has 4 nitrogen and oxygen atoms in total. The number of carbonyl (C=O) groups excluding carboxylic acids is 1. The molecule has 0 radical (unpaired) electrons. The third-order valence-electron chi connectivity index (χ3n) is 3.37. The second kappa shape index (κ2) is 5.22. The Hall–Kier alpha value is -1.92. The average Bonchev–Trinajstić information content (AvgIpc) is 2.35. The SMILES string of the molecule is CN1CC(Nc2ccc(C(F)(F)F)cc2N)CCC1=O. The monoisotopic (exact) mass is 287 g/mol. The largest absolute Gasteiger partial charge is 0.416 e. The number of hydrogen-bond acceptors (Lipinski definition) is 3. The number of benzene rings is 1. The summed E-state index contributed by atoms with van der Waals surface area (Å²) in [5.74, 6) is 0.0726. The number of nitrogens with two attached hydrogens (primary N) is 1. The Morgan fingerprint density at radius 2 is 2.10 bits per heavy atom. The highest BCUT2D eigenvalue weighted by Gasteiger charge is 2.31. The highest BCUT2D eigenvalue weighted by atomic mass is 19.4. The molecule has 0 bridgehead atoms. The summed E-state index contributed by atoms with van der Waals surface area (Å²) in [6.45, 7) is 0.513. The zero-order valence-corrected chi connectivity index (χ0v) is 11.0. The van der Waals surface area contributed by atoms with Gasteiger partial charge < -0.3 is 16.0 Å². The molecule has 0 spiro atoms. The van der Waals surface area contributed by atoms with Crippen LogP contribution in [-0.4, -0.2) is 30.4 Å². The van der Waals surface area contributed by atoms with Crippen LogP contribution in [0, 0.1) is 0 Å². The van der Waals surface area contributed by atoms with Crippen LogP contribution in [0.5, 0.6) is 0 Å². The van der Waals surface area contributed by atoms with Crippen LogP contribution < -0.4 is 11.1 Å². The van der Waals surface area contributed by atoms with E-state index >= 15 is 0 Å². The lowest BCUT2D eigenvalue weighted by atomic mass is 10.0. The number of amides is 1. The Bertz CT molecular complexity index is 516. The minimum atomic E-state index is -4.40. The number of nitrogens with zero attached hydrogens (tertiary/aromatic N) is 1. The fourth-order valence-electron chi connectivity index (χ4n) is 2.22. The molecule has 1 heterocycles. The Morgan fingerprint density at radius 1 is 1.40 bits per heavy atom. The van der Waals surface area contributed by atoms with Crippen LogP contribution in [0.1, 0.15) is 18.4 Å². The van der Waals surface area contributed by atoms with Crippen LogP contribution in [0.4, 0.5) is 24.5 Å². The molecular weight excluding hydrogens is 271 g/mol. The summed E-state index contributed by atoms with van der Waals surface area (Å²) in [5, 5.41) is 3.09. The van der Waals surface area contributed by atoms with Gasteiger partial charge in [-0.25, -0.2) is 0 Å². The lowest BCUT2D eigenvalue weighted by molar-refractivity contribution is -0.137. The van der Waals surface area contributed by atoms with E-state index in [0.29, 0.717) is 25.1 Å². The van der Waals surface area contributed by atoms with Crippen molar-refractivity contribution in [1.29, 1.82) is 0 Å². The molecule has 1 unspecified atom stereocenters. The highest BCUT2D eigenvalue weighted by molar-refractivity contribution is 5.77. The third-order valence-corrected chi connectivity index (χ3v) is 3.37. The molecule has 7 heteroatoms. The first kappa shape index (κ1) is 14.5. The zero-order valence-electron chi connectivity index (χ0n) is 11.0. The number of piperidine rings is 1. The van der Waals surface area contributed by atoms with E-state index in [-0.39, 0.29) is 17.6 Å². The van der Waals surface area contributed by atoms with Gasteiger partial charge in [0, 0.05) is 26.1 Å². The van der Waals surface area contributed by atoms with Gasteiger partial charge in [0.2, 0.25) is 5.91 Å². The quantitative estimate of drug-likeness (QED) is 0.821. The number of carbonyl (C=O) groups is 1. The molecule has 1 aliphatic heterocycles. The van der Waals surface area contributed by atoms with Crippen molar-refractivity contribution in [1.82, 2.24) is 4.90 Å². The van der Waals surface area contributed by atoms with Crippen LogP contribution in [0.2, 0.25) is 0 Å². The minimum absolute atomic E-state index is 0.00302. The van der Waals surface area contributed by atoms with E-state index in [1.165, 1.54) is 6.07 Å². The number of nitrogens with one attached hydrogen (secondary N) is 1. The van der Waals surface area contributed by atoms with E-state index in [2.05, 4.69) is 5.32 Å². The van der Waals surface area contributed by atoms with Gasteiger partial charge in [0.25, 0.3) is 0 Å². The predicted molar refractivity (Wildman–Crippen MR) is 70.1 cm³/mol. The topological polar surface area (TPSA) is 58.4 Å². The Labute approximate surface area is 114 Å². The average molecular weight is 287 g/mol. The number of halogens is 3. The number of likely N-dealkylation sites (tertiary alicyclic amines) is 1. The second-order valence-electron chi connectivity index (χ2n) is 4.95. The van der Waals surface area contributed by atoms with Gasteiger partial charge in [0.1, 0.15) is 0 Å². The minimum Gasteiger partial charge on any atom is -0.397 e. The van der Waals surface area contributed by atoms with Gasteiger partial charge in [-0.15, -0.1) is 0 Å². The maximum Gasteiger partial charge on any atom is 0.416 e. The summed E-state index contributed by atoms with van der Waals surface area (Å²) in [6.07, 6.45) is -3.33. The summed E-state index contributed by atoms with van der Waals surface area (Å²) in [5.41, 5.74) is 5.41. The molecule has 1 atom stereocenters. The van der Waals surface area contributed by atoms with Gasteiger partial charge in [-0.2, -0.15) is 13.2 Å². The Balaban J connectivity index is 2.09. The molecular formula is C13H16F3N3O. The van der Waals surface area contributed by atoms with Gasteiger partial charge in [0.05, 0.1) is 16.9 Å². The molecule has 1 aromatic rings. The van der Waals surface area contributed by atoms with Gasteiger partial charge in [0.15, 0.2) is 0 Å². The van der Waals surface area contributed by atoms with E-state index in [0.717, 1.165) is 12.1 Å². The van der Waals surface area contributed by atoms with Crippen molar-refractivity contribution in [3.05, 3.63) is 23.8 Å². The second-order valence-corrected chi connectivity index (χ2v) is 4.95. The van der Waals surface area contributed by atoms with Crippen LogP contribution in [0.15, 0.2) is 18.2 Å². The van der Waals surface area contributed by atoms with Gasteiger partial charge in [-0.1, -0.05) is 0 Å². The first-order chi connectivity index (χ1) is 9.27. The molecule has 3 N–H and O–H groups in total. The fraction of sp³-hybridized carbons (Fsp3) is 0.462. The summed E-state index contributed by atoms with van der Waals surface area (Å²) >= 11 is 0. The Morgan fingerprint density at radius 3 is 2.65 bits per heavy atom. The molecule has 1 fully saturated rings. The van der Waals surface area contributed by atoms with Crippen LogP contribution in [0.3, 0.4) is 0 Å². The van der Waals surface area contributed by atoms with Crippen molar-refractivity contribution in [3.63, 3.8) is 0 Å². The van der Waals surface area contributed by atoms with Gasteiger partial charge in [-0.3, -0.25) is 4.79 Å². The van der Waals surface area contributed by atoms with Crippen LogP contribution in [-0.2, 0) is 11.0 Å². The number of alkyl halides is 3. The van der Waals surface area contributed by atoms with Crippen LogP contribution >= 0.6 is 0 Å². The molecule has 2 rings (SSSR count). The molecule has 0 aromatic heterocycles. The van der Waals surface area contributed by atoms with Crippen molar-refractivity contribution in [2.45, 2.75) is 25.1 Å². The number of nitrogen functional groups attached to an aromatic ring is 1. The smallest absolute Gasteiger partial charge is 0.397 e. The Kier molecular flexibility index (Phi) is 3.78. The lowest BCUT2D eigenvalue weighted by Crippen LogP contribution is -2.43. The highest BCUT2D eigenvalue weighted by Crippen LogP contribution is 2.33. The van der Waals surface area contributed by atoms with Crippen molar-refractivity contribution in [2.24, 2.45) is 0 Å². The third kappa shape index (κ3) is 3.15. The van der Waals surface area contributed by atoms with Crippen molar-refractivity contribution < 1.29 is 18.0 Å². The molecule has 0 saturated carbocycles. The van der Waals surface area contributed by atoms with E-state index in [4.69, 9.17) is 5.73 Å². The number of likely N-dealkylation sites (N-methyl/N-ethyl adjacent to an activating group) is 1. The molecule has 1 aliphatic rings. The molecule has 1 aromatic carbocycles. The first-order valence-electron chi connectivity index (χ1n) is 6.24. The number of rotatable bonds is 2. The van der Waals surface area contributed by atoms with Gasteiger partial charge in [-0.05, 0) is 24.6 Å². The molecule has 1 saturated heterocycles. The maximum absolute atomic E-state index is 12.5. The number of anilines is 2. The summed E-state index contributed by atoms with van der Waals surface area (Å²) in [4.78, 5) is 13.0. The molecule has 1 amide bonds. The van der Waals surface area contributed by atoms with E-state index in [1.54, 1.807) is 11.9 Å².